The number of nitrogens with one attached hydrogen (secondary N) is 2. The van der Waals surface area contributed by atoms with Crippen LogP contribution in [0.3, 0.4) is 0 Å². The Morgan fingerprint density at radius 3 is 2.64 bits per heavy atom. The van der Waals surface area contributed by atoms with Crippen molar-refractivity contribution in [3.05, 3.63) is 0 Å². The van der Waals surface area contributed by atoms with Gasteiger partial charge >= 0.3 is 0 Å². The summed E-state index contributed by atoms with van der Waals surface area (Å²) in [6.07, 6.45) is 0. The van der Waals surface area contributed by atoms with Gasteiger partial charge in [-0.3, -0.25) is 15.1 Å². The second-order valence-corrected chi connectivity index (χ2v) is 5.13. The highest BCUT2D eigenvalue weighted by molar-refractivity contribution is 4.70. The lowest BCUT2D eigenvalue weighted by Crippen LogP contribution is -2.46. The Morgan fingerprint density at radius 2 is 2.14 bits per heavy atom. The van der Waals surface area contributed by atoms with Crippen LogP contribution in [0.2, 0.25) is 0 Å². The van der Waals surface area contributed by atoms with Gasteiger partial charge in [0.1, 0.15) is 0 Å². The van der Waals surface area contributed by atoms with Gasteiger partial charge in [-0.2, -0.15) is 0 Å². The molecule has 2 N–H and O–H groups in total. The van der Waals surface area contributed by atoms with E-state index in [1.807, 2.05) is 0 Å². The van der Waals surface area contributed by atoms with Crippen molar-refractivity contribution in [2.75, 3.05) is 40.1 Å². The van der Waals surface area contributed by atoms with Crippen LogP contribution in [-0.2, 0) is 0 Å². The summed E-state index contributed by atoms with van der Waals surface area (Å²) in [5.74, 6) is 0. The third kappa shape index (κ3) is 4.91. The van der Waals surface area contributed by atoms with E-state index in [9.17, 15) is 0 Å². The quantitative estimate of drug-likeness (QED) is 0.629. The maximum atomic E-state index is 3.47. The summed E-state index contributed by atoms with van der Waals surface area (Å²) in [4.78, 5) is 4.71. The molecular weight excluding hydrogens is 176 g/mol. The topological polar surface area (TPSA) is 30.5 Å². The molecule has 0 radical (unpaired) electrons. The molecule has 0 aliphatic carbocycles. The highest BCUT2D eigenvalue weighted by Crippen LogP contribution is 1.99. The fourth-order valence-electron chi connectivity index (χ4n) is 1.44. The Bertz CT molecular complexity index is 158. The Hall–Kier alpha value is -0.160. The van der Waals surface area contributed by atoms with Gasteiger partial charge in [0, 0.05) is 32.0 Å². The second-order valence-electron chi connectivity index (χ2n) is 5.13. The van der Waals surface area contributed by atoms with Crippen molar-refractivity contribution in [1.82, 2.24) is 20.4 Å². The normalized spacial score (nSPS) is 19.5. The first kappa shape index (κ1) is 11.9. The molecular formula is C10H24N4. The zero-order chi connectivity index (χ0) is 10.6. The van der Waals surface area contributed by atoms with Crippen molar-refractivity contribution in [2.24, 2.45) is 0 Å². The van der Waals surface area contributed by atoms with E-state index in [1.54, 1.807) is 0 Å². The monoisotopic (exact) mass is 200 g/mol. The summed E-state index contributed by atoms with van der Waals surface area (Å²) in [7, 11) is 2.15. The van der Waals surface area contributed by atoms with Crippen molar-refractivity contribution in [3.63, 3.8) is 0 Å². The minimum atomic E-state index is 0.206. The van der Waals surface area contributed by atoms with Crippen LogP contribution < -0.4 is 10.6 Å². The van der Waals surface area contributed by atoms with Gasteiger partial charge in [0.15, 0.2) is 0 Å². The molecule has 84 valence electrons. The predicted molar refractivity (Wildman–Crippen MR) is 60.0 cm³/mol. The van der Waals surface area contributed by atoms with Gasteiger partial charge in [0.2, 0.25) is 0 Å². The molecule has 1 fully saturated rings. The standard InChI is InChI=1S/C10H24N4/c1-10(2,3)12-8-13(4)9-14-6-5-11-7-14/h11-12H,5-9H2,1-4H3. The molecule has 0 saturated carbocycles. The van der Waals surface area contributed by atoms with Crippen LogP contribution in [0, 0.1) is 0 Å². The van der Waals surface area contributed by atoms with Crippen LogP contribution >= 0.6 is 0 Å². The van der Waals surface area contributed by atoms with E-state index < -0.39 is 0 Å². The number of hydrogen-bond donors (Lipinski definition) is 2. The first-order chi connectivity index (χ1) is 6.47. The Labute approximate surface area is 87.6 Å². The summed E-state index contributed by atoms with van der Waals surface area (Å²) < 4.78 is 0. The Balaban J connectivity index is 2.12. The van der Waals surface area contributed by atoms with Gasteiger partial charge in [-0.15, -0.1) is 0 Å². The molecule has 0 atom stereocenters. The minimum Gasteiger partial charge on any atom is -0.303 e. The first-order valence-electron chi connectivity index (χ1n) is 5.34. The van der Waals surface area contributed by atoms with Crippen molar-refractivity contribution >= 4 is 0 Å². The molecule has 0 amide bonds. The molecule has 1 aliphatic rings. The number of rotatable bonds is 4. The van der Waals surface area contributed by atoms with Gasteiger partial charge < -0.3 is 5.32 Å². The van der Waals surface area contributed by atoms with Crippen molar-refractivity contribution in [3.8, 4) is 0 Å². The molecule has 4 heteroatoms. The lowest BCUT2D eigenvalue weighted by Gasteiger charge is -2.28. The highest BCUT2D eigenvalue weighted by Gasteiger charge is 2.14. The summed E-state index contributed by atoms with van der Waals surface area (Å²) in [5.41, 5.74) is 0.206. The van der Waals surface area contributed by atoms with E-state index in [1.165, 1.54) is 6.54 Å². The third-order valence-corrected chi connectivity index (χ3v) is 2.26. The maximum absolute atomic E-state index is 3.47. The zero-order valence-electron chi connectivity index (χ0n) is 9.93. The molecule has 1 aliphatic heterocycles. The maximum Gasteiger partial charge on any atom is 0.0527 e. The lowest BCUT2D eigenvalue weighted by molar-refractivity contribution is 0.159. The molecule has 0 aromatic rings. The fraction of sp³-hybridized carbons (Fsp3) is 1.00. The van der Waals surface area contributed by atoms with Gasteiger partial charge in [0.05, 0.1) is 6.67 Å². The summed E-state index contributed by atoms with van der Waals surface area (Å²) in [6, 6.07) is 0. The van der Waals surface area contributed by atoms with Gasteiger partial charge in [0.25, 0.3) is 0 Å². The Morgan fingerprint density at radius 1 is 1.43 bits per heavy atom. The molecule has 0 bridgehead atoms. The molecule has 0 spiro atoms. The minimum absolute atomic E-state index is 0.206. The van der Waals surface area contributed by atoms with Crippen molar-refractivity contribution in [2.45, 2.75) is 26.3 Å². The van der Waals surface area contributed by atoms with Crippen molar-refractivity contribution in [1.29, 1.82) is 0 Å². The molecule has 0 unspecified atom stereocenters. The van der Waals surface area contributed by atoms with E-state index in [2.05, 4.69) is 48.3 Å². The lowest BCUT2D eigenvalue weighted by atomic mass is 10.1. The first-order valence-corrected chi connectivity index (χ1v) is 5.34. The van der Waals surface area contributed by atoms with Crippen molar-refractivity contribution < 1.29 is 0 Å². The number of nitrogens with zero attached hydrogens (tertiary/aromatic N) is 2. The zero-order valence-corrected chi connectivity index (χ0v) is 9.93. The molecule has 0 aromatic heterocycles. The summed E-state index contributed by atoms with van der Waals surface area (Å²) in [6.45, 7) is 11.9. The van der Waals surface area contributed by atoms with Crippen LogP contribution in [0.4, 0.5) is 0 Å². The summed E-state index contributed by atoms with van der Waals surface area (Å²) in [5, 5.41) is 6.80. The Kier molecular flexibility index (Phi) is 4.31. The predicted octanol–water partition coefficient (Wildman–Crippen LogP) is 0.0840. The fourth-order valence-corrected chi connectivity index (χ4v) is 1.44. The third-order valence-electron chi connectivity index (χ3n) is 2.26. The van der Waals surface area contributed by atoms with E-state index in [-0.39, 0.29) is 5.54 Å². The average Bonchev–Trinajstić information content (AvgIpc) is 2.52. The molecule has 1 heterocycles. The van der Waals surface area contributed by atoms with E-state index >= 15 is 0 Å². The van der Waals surface area contributed by atoms with E-state index in [0.29, 0.717) is 0 Å². The molecule has 4 nitrogen and oxygen atoms in total. The van der Waals surface area contributed by atoms with Crippen LogP contribution in [0.25, 0.3) is 0 Å². The molecule has 1 rings (SSSR count). The van der Waals surface area contributed by atoms with Crippen LogP contribution in [0.1, 0.15) is 20.8 Å². The summed E-state index contributed by atoms with van der Waals surface area (Å²) >= 11 is 0. The van der Waals surface area contributed by atoms with E-state index in [0.717, 1.165) is 26.6 Å². The van der Waals surface area contributed by atoms with Crippen LogP contribution in [0.5, 0.6) is 0 Å². The smallest absolute Gasteiger partial charge is 0.0527 e. The molecule has 1 saturated heterocycles. The number of hydrogen-bond acceptors (Lipinski definition) is 4. The largest absolute Gasteiger partial charge is 0.303 e. The van der Waals surface area contributed by atoms with E-state index in [4.69, 9.17) is 0 Å². The van der Waals surface area contributed by atoms with Crippen LogP contribution in [0.15, 0.2) is 0 Å². The van der Waals surface area contributed by atoms with Gasteiger partial charge in [-0.1, -0.05) is 0 Å². The van der Waals surface area contributed by atoms with Gasteiger partial charge in [-0.25, -0.2) is 0 Å². The molecule has 14 heavy (non-hydrogen) atoms. The molecule has 0 aromatic carbocycles. The average molecular weight is 200 g/mol. The SMILES string of the molecule is CN(CNC(C)(C)C)CN1CCNC1. The highest BCUT2D eigenvalue weighted by atomic mass is 15.4. The van der Waals surface area contributed by atoms with Crippen LogP contribution in [-0.4, -0.2) is 55.5 Å². The van der Waals surface area contributed by atoms with Gasteiger partial charge in [-0.05, 0) is 27.8 Å². The second kappa shape index (κ2) is 5.07.